The lowest BCUT2D eigenvalue weighted by atomic mass is 10.2. The summed E-state index contributed by atoms with van der Waals surface area (Å²) in [5, 5.41) is 12.1. The molecule has 1 heterocycles. The van der Waals surface area contributed by atoms with E-state index in [0.717, 1.165) is 0 Å². The van der Waals surface area contributed by atoms with Crippen molar-refractivity contribution in [1.29, 1.82) is 5.26 Å². The normalized spacial score (nSPS) is 16.9. The van der Waals surface area contributed by atoms with Crippen LogP contribution in [0.4, 0.5) is 5.69 Å². The molecule has 23 heavy (non-hydrogen) atoms. The highest BCUT2D eigenvalue weighted by molar-refractivity contribution is 7.80. The molecule has 5 nitrogen and oxygen atoms in total. The minimum atomic E-state index is -0.308. The molecule has 0 radical (unpaired) electrons. The van der Waals surface area contributed by atoms with Crippen LogP contribution in [0.1, 0.15) is 12.5 Å². The first kappa shape index (κ1) is 15.0. The number of nitriles is 1. The molecule has 1 amide bonds. The van der Waals surface area contributed by atoms with E-state index < -0.39 is 0 Å². The number of amides is 1. The molecule has 0 bridgehead atoms. The third-order valence-corrected chi connectivity index (χ3v) is 3.75. The molecule has 1 unspecified atom stereocenters. The van der Waals surface area contributed by atoms with Gasteiger partial charge in [0.25, 0.3) is 5.91 Å². The second-order valence-electron chi connectivity index (χ2n) is 5.08. The SMILES string of the molecule is CC1NC(=S)N(c2ccc(Oc3ccc(C#N)cc3)cc2)C1=O. The lowest BCUT2D eigenvalue weighted by Crippen LogP contribution is -2.30. The van der Waals surface area contributed by atoms with Crippen LogP contribution in [0, 0.1) is 11.3 Å². The molecule has 1 aliphatic heterocycles. The molecule has 0 saturated carbocycles. The third-order valence-electron chi connectivity index (χ3n) is 3.45. The summed E-state index contributed by atoms with van der Waals surface area (Å²) in [6.07, 6.45) is 0. The molecule has 1 aliphatic rings. The predicted molar refractivity (Wildman–Crippen MR) is 90.4 cm³/mol. The molecule has 114 valence electrons. The Morgan fingerprint density at radius 2 is 1.70 bits per heavy atom. The maximum atomic E-state index is 12.1. The van der Waals surface area contributed by atoms with Crippen molar-refractivity contribution in [3.63, 3.8) is 0 Å². The second kappa shape index (κ2) is 6.07. The highest BCUT2D eigenvalue weighted by Crippen LogP contribution is 2.26. The fourth-order valence-electron chi connectivity index (χ4n) is 2.25. The number of benzene rings is 2. The summed E-state index contributed by atoms with van der Waals surface area (Å²) in [7, 11) is 0. The maximum Gasteiger partial charge on any atom is 0.255 e. The van der Waals surface area contributed by atoms with E-state index in [1.54, 1.807) is 55.5 Å². The lowest BCUT2D eigenvalue weighted by Gasteiger charge is -2.15. The Bertz CT molecular complexity index is 794. The van der Waals surface area contributed by atoms with Crippen LogP contribution in [0.15, 0.2) is 48.5 Å². The fraction of sp³-hybridized carbons (Fsp3) is 0.118. The van der Waals surface area contributed by atoms with E-state index in [0.29, 0.717) is 27.9 Å². The van der Waals surface area contributed by atoms with Crippen molar-refractivity contribution < 1.29 is 9.53 Å². The number of ether oxygens (including phenoxy) is 1. The molecule has 0 aromatic heterocycles. The van der Waals surface area contributed by atoms with Crippen LogP contribution in [0.2, 0.25) is 0 Å². The average molecular weight is 323 g/mol. The van der Waals surface area contributed by atoms with E-state index in [2.05, 4.69) is 11.4 Å². The van der Waals surface area contributed by atoms with Crippen LogP contribution in [-0.2, 0) is 4.79 Å². The van der Waals surface area contributed by atoms with Gasteiger partial charge >= 0.3 is 0 Å². The van der Waals surface area contributed by atoms with Crippen molar-refractivity contribution in [2.45, 2.75) is 13.0 Å². The Morgan fingerprint density at radius 1 is 1.13 bits per heavy atom. The average Bonchev–Trinajstić information content (AvgIpc) is 2.82. The van der Waals surface area contributed by atoms with Gasteiger partial charge in [0.1, 0.15) is 17.5 Å². The fourth-order valence-corrected chi connectivity index (χ4v) is 2.62. The number of carbonyl (C=O) groups is 1. The van der Waals surface area contributed by atoms with E-state index in [1.807, 2.05) is 0 Å². The van der Waals surface area contributed by atoms with Gasteiger partial charge in [-0.3, -0.25) is 9.69 Å². The van der Waals surface area contributed by atoms with Gasteiger partial charge in [-0.05, 0) is 67.7 Å². The first-order chi connectivity index (χ1) is 11.1. The summed E-state index contributed by atoms with van der Waals surface area (Å²) in [5.41, 5.74) is 1.28. The van der Waals surface area contributed by atoms with Crippen LogP contribution in [-0.4, -0.2) is 17.1 Å². The molecule has 1 fully saturated rings. The smallest absolute Gasteiger partial charge is 0.255 e. The number of nitrogens with one attached hydrogen (secondary N) is 1. The van der Waals surface area contributed by atoms with E-state index >= 15 is 0 Å². The summed E-state index contributed by atoms with van der Waals surface area (Å²) in [5.74, 6) is 1.20. The van der Waals surface area contributed by atoms with Gasteiger partial charge in [0.05, 0.1) is 17.3 Å². The molecule has 0 spiro atoms. The van der Waals surface area contributed by atoms with Crippen LogP contribution in [0.25, 0.3) is 0 Å². The Hall–Kier alpha value is -2.91. The molecule has 3 rings (SSSR count). The monoisotopic (exact) mass is 323 g/mol. The van der Waals surface area contributed by atoms with Gasteiger partial charge in [0.15, 0.2) is 5.11 Å². The number of thiocarbonyl (C=S) groups is 1. The Morgan fingerprint density at radius 3 is 2.17 bits per heavy atom. The molecule has 1 saturated heterocycles. The quantitative estimate of drug-likeness (QED) is 0.880. The molecule has 2 aromatic rings. The van der Waals surface area contributed by atoms with E-state index in [9.17, 15) is 4.79 Å². The summed E-state index contributed by atoms with van der Waals surface area (Å²) in [6.45, 7) is 1.77. The number of carbonyl (C=O) groups excluding carboxylic acids is 1. The van der Waals surface area contributed by atoms with Crippen molar-refractivity contribution in [1.82, 2.24) is 5.32 Å². The first-order valence-corrected chi connectivity index (χ1v) is 7.42. The number of nitrogens with zero attached hydrogens (tertiary/aromatic N) is 2. The molecular formula is C17H13N3O2S. The zero-order chi connectivity index (χ0) is 16.4. The topological polar surface area (TPSA) is 65.4 Å². The van der Waals surface area contributed by atoms with Crippen LogP contribution in [0.3, 0.4) is 0 Å². The Labute approximate surface area is 139 Å². The Balaban J connectivity index is 1.75. The number of rotatable bonds is 3. The highest BCUT2D eigenvalue weighted by Gasteiger charge is 2.33. The third kappa shape index (κ3) is 3.00. The minimum Gasteiger partial charge on any atom is -0.457 e. The minimum absolute atomic E-state index is 0.0734. The molecule has 2 aromatic carbocycles. The van der Waals surface area contributed by atoms with Crippen molar-refractivity contribution in [2.75, 3.05) is 4.90 Å². The summed E-state index contributed by atoms with van der Waals surface area (Å²) < 4.78 is 5.71. The van der Waals surface area contributed by atoms with Gasteiger partial charge in [-0.2, -0.15) is 5.26 Å². The zero-order valence-electron chi connectivity index (χ0n) is 12.3. The maximum absolute atomic E-state index is 12.1. The summed E-state index contributed by atoms with van der Waals surface area (Å²) in [6, 6.07) is 15.7. The van der Waals surface area contributed by atoms with Crippen LogP contribution in [0.5, 0.6) is 11.5 Å². The van der Waals surface area contributed by atoms with Crippen LogP contribution < -0.4 is 15.0 Å². The summed E-state index contributed by atoms with van der Waals surface area (Å²) in [4.78, 5) is 13.5. The van der Waals surface area contributed by atoms with Gasteiger partial charge in [0.2, 0.25) is 0 Å². The molecular weight excluding hydrogens is 310 g/mol. The molecule has 1 atom stereocenters. The van der Waals surface area contributed by atoms with Crippen molar-refractivity contribution in [3.05, 3.63) is 54.1 Å². The van der Waals surface area contributed by atoms with Gasteiger partial charge < -0.3 is 10.1 Å². The first-order valence-electron chi connectivity index (χ1n) is 7.01. The van der Waals surface area contributed by atoms with E-state index in [-0.39, 0.29) is 11.9 Å². The van der Waals surface area contributed by atoms with E-state index in [1.165, 1.54) is 4.90 Å². The molecule has 0 aliphatic carbocycles. The van der Waals surface area contributed by atoms with Gasteiger partial charge in [-0.15, -0.1) is 0 Å². The van der Waals surface area contributed by atoms with Gasteiger partial charge in [0, 0.05) is 0 Å². The largest absolute Gasteiger partial charge is 0.457 e. The highest BCUT2D eigenvalue weighted by atomic mass is 32.1. The zero-order valence-corrected chi connectivity index (χ0v) is 13.1. The predicted octanol–water partition coefficient (Wildman–Crippen LogP) is 2.96. The number of hydrogen-bond donors (Lipinski definition) is 1. The van der Waals surface area contributed by atoms with E-state index in [4.69, 9.17) is 22.2 Å². The van der Waals surface area contributed by atoms with Crippen molar-refractivity contribution >= 4 is 28.9 Å². The van der Waals surface area contributed by atoms with Crippen molar-refractivity contribution in [3.8, 4) is 17.6 Å². The standard InChI is InChI=1S/C17H13N3O2S/c1-11-16(21)20(17(23)19-11)13-4-8-15(9-5-13)22-14-6-2-12(10-18)3-7-14/h2-9,11H,1H3,(H,19,23). The number of anilines is 1. The van der Waals surface area contributed by atoms with Crippen molar-refractivity contribution in [2.24, 2.45) is 0 Å². The van der Waals surface area contributed by atoms with Gasteiger partial charge in [-0.1, -0.05) is 0 Å². The number of hydrogen-bond acceptors (Lipinski definition) is 4. The molecule has 6 heteroatoms. The second-order valence-corrected chi connectivity index (χ2v) is 5.46. The Kier molecular flexibility index (Phi) is 3.96. The molecule has 1 N–H and O–H groups in total. The lowest BCUT2D eigenvalue weighted by molar-refractivity contribution is -0.117. The van der Waals surface area contributed by atoms with Gasteiger partial charge in [-0.25, -0.2) is 0 Å². The van der Waals surface area contributed by atoms with Crippen LogP contribution >= 0.6 is 12.2 Å². The summed E-state index contributed by atoms with van der Waals surface area (Å²) >= 11 is 5.17.